The third-order valence-corrected chi connectivity index (χ3v) is 8.49. The molecular weight excluding hydrogens is 412 g/mol. The van der Waals surface area contributed by atoms with Crippen molar-refractivity contribution in [3.8, 4) is 5.75 Å². The Morgan fingerprint density at radius 1 is 1.03 bits per heavy atom. The number of rotatable bonds is 5. The Bertz CT molecular complexity index is 1120. The molecule has 2 aromatic carbocycles. The number of nitrogens with zero attached hydrogens (tertiary/aromatic N) is 1. The molecule has 1 aliphatic rings. The largest absolute Gasteiger partial charge is 0.495 e. The van der Waals surface area contributed by atoms with Crippen LogP contribution in [0.1, 0.15) is 29.5 Å². The minimum Gasteiger partial charge on any atom is -0.495 e. The van der Waals surface area contributed by atoms with Crippen LogP contribution in [-0.2, 0) is 20.0 Å². The maximum Gasteiger partial charge on any atom is 0.262 e. The first-order valence-corrected chi connectivity index (χ1v) is 12.4. The van der Waals surface area contributed by atoms with E-state index in [1.807, 2.05) is 13.0 Å². The van der Waals surface area contributed by atoms with Crippen molar-refractivity contribution in [3.63, 3.8) is 0 Å². The number of anilines is 2. The van der Waals surface area contributed by atoms with Crippen molar-refractivity contribution in [3.05, 3.63) is 47.0 Å². The minimum atomic E-state index is -3.90. The van der Waals surface area contributed by atoms with Gasteiger partial charge in [0.2, 0.25) is 10.0 Å². The van der Waals surface area contributed by atoms with Crippen LogP contribution < -0.4 is 13.8 Å². The molecule has 29 heavy (non-hydrogen) atoms. The molecule has 1 aliphatic heterocycles. The van der Waals surface area contributed by atoms with Crippen LogP contribution in [0.3, 0.4) is 0 Å². The molecule has 9 heteroatoms. The van der Waals surface area contributed by atoms with E-state index >= 15 is 0 Å². The Hall–Kier alpha value is -2.26. The topological polar surface area (TPSA) is 92.8 Å². The zero-order chi connectivity index (χ0) is 21.4. The van der Waals surface area contributed by atoms with E-state index in [0.717, 1.165) is 12.0 Å². The second-order valence-electron chi connectivity index (χ2n) is 7.31. The predicted octanol–water partition coefficient (Wildman–Crippen LogP) is 3.35. The zero-order valence-electron chi connectivity index (χ0n) is 17.0. The molecule has 0 atom stereocenters. The molecule has 0 saturated carbocycles. The highest BCUT2D eigenvalue weighted by Crippen LogP contribution is 2.33. The molecular formula is C20H26N2O5S2. The fraction of sp³-hybridized carbons (Fsp3) is 0.400. The van der Waals surface area contributed by atoms with E-state index in [1.54, 1.807) is 38.1 Å². The molecule has 158 valence electrons. The molecule has 0 aliphatic carbocycles. The van der Waals surface area contributed by atoms with Crippen molar-refractivity contribution in [1.82, 2.24) is 0 Å². The Labute approximate surface area is 172 Å². The van der Waals surface area contributed by atoms with Gasteiger partial charge in [0.15, 0.2) is 0 Å². The quantitative estimate of drug-likeness (QED) is 0.773. The molecule has 1 fully saturated rings. The summed E-state index contributed by atoms with van der Waals surface area (Å²) in [6.45, 7) is 5.62. The van der Waals surface area contributed by atoms with Crippen LogP contribution in [0.5, 0.6) is 5.75 Å². The van der Waals surface area contributed by atoms with E-state index in [-0.39, 0.29) is 10.6 Å². The lowest BCUT2D eigenvalue weighted by atomic mass is 10.1. The summed E-state index contributed by atoms with van der Waals surface area (Å²) in [4.78, 5) is 0.138. The summed E-state index contributed by atoms with van der Waals surface area (Å²) >= 11 is 0. The average molecular weight is 439 g/mol. The van der Waals surface area contributed by atoms with Gasteiger partial charge < -0.3 is 4.74 Å². The normalized spacial score (nSPS) is 16.5. The molecule has 7 nitrogen and oxygen atoms in total. The van der Waals surface area contributed by atoms with Crippen molar-refractivity contribution in [2.24, 2.45) is 0 Å². The zero-order valence-corrected chi connectivity index (χ0v) is 18.7. The SMILES string of the molecule is COc1ccc(C)cc1NS(=O)(=O)c1c(C)cc(N2CCCCS2(=O)=O)cc1C. The summed E-state index contributed by atoms with van der Waals surface area (Å²) in [7, 11) is -5.79. The monoisotopic (exact) mass is 438 g/mol. The second-order valence-corrected chi connectivity index (χ2v) is 10.9. The fourth-order valence-corrected chi connectivity index (χ4v) is 6.81. The Morgan fingerprint density at radius 2 is 1.69 bits per heavy atom. The maximum absolute atomic E-state index is 13.1. The highest BCUT2D eigenvalue weighted by Gasteiger charge is 2.28. The lowest BCUT2D eigenvalue weighted by Crippen LogP contribution is -2.38. The summed E-state index contributed by atoms with van der Waals surface area (Å²) in [5, 5.41) is 0. The van der Waals surface area contributed by atoms with Crippen LogP contribution in [0, 0.1) is 20.8 Å². The minimum absolute atomic E-state index is 0.111. The molecule has 0 unspecified atom stereocenters. The first-order chi connectivity index (χ1) is 13.5. The molecule has 0 spiro atoms. The smallest absolute Gasteiger partial charge is 0.262 e. The van der Waals surface area contributed by atoms with E-state index in [9.17, 15) is 16.8 Å². The first kappa shape index (κ1) is 21.4. The molecule has 0 bridgehead atoms. The number of aryl methyl sites for hydroxylation is 3. The van der Waals surface area contributed by atoms with Crippen LogP contribution in [0.15, 0.2) is 35.2 Å². The second kappa shape index (κ2) is 7.87. The molecule has 1 saturated heterocycles. The molecule has 3 rings (SSSR count). The molecule has 1 heterocycles. The van der Waals surface area contributed by atoms with E-state index in [1.165, 1.54) is 11.4 Å². The predicted molar refractivity (Wildman–Crippen MR) is 115 cm³/mol. The summed E-state index contributed by atoms with van der Waals surface area (Å²) < 4.78 is 60.4. The van der Waals surface area contributed by atoms with Gasteiger partial charge in [0, 0.05) is 6.54 Å². The van der Waals surface area contributed by atoms with Crippen LogP contribution in [-0.4, -0.2) is 36.2 Å². The van der Waals surface area contributed by atoms with Crippen molar-refractivity contribution < 1.29 is 21.6 Å². The number of ether oxygens (including phenoxy) is 1. The lowest BCUT2D eigenvalue weighted by molar-refractivity contribution is 0.417. The van der Waals surface area contributed by atoms with Gasteiger partial charge in [0.05, 0.1) is 29.1 Å². The molecule has 0 aromatic heterocycles. The van der Waals surface area contributed by atoms with Gasteiger partial charge in [0.1, 0.15) is 5.75 Å². The van der Waals surface area contributed by atoms with Crippen LogP contribution in [0.4, 0.5) is 11.4 Å². The van der Waals surface area contributed by atoms with Crippen molar-refractivity contribution >= 4 is 31.4 Å². The van der Waals surface area contributed by atoms with Gasteiger partial charge >= 0.3 is 0 Å². The van der Waals surface area contributed by atoms with E-state index < -0.39 is 20.0 Å². The van der Waals surface area contributed by atoms with Gasteiger partial charge in [-0.2, -0.15) is 0 Å². The number of hydrogen-bond acceptors (Lipinski definition) is 5. The van der Waals surface area contributed by atoms with Gasteiger partial charge in [-0.1, -0.05) is 6.07 Å². The van der Waals surface area contributed by atoms with E-state index in [0.29, 0.717) is 41.2 Å². The third kappa shape index (κ3) is 4.35. The molecule has 0 amide bonds. The van der Waals surface area contributed by atoms with Gasteiger partial charge in [-0.25, -0.2) is 16.8 Å². The Balaban J connectivity index is 2.02. The highest BCUT2D eigenvalue weighted by molar-refractivity contribution is 7.93. The number of sulfonamides is 2. The Kier molecular flexibility index (Phi) is 5.82. The summed E-state index contributed by atoms with van der Waals surface area (Å²) in [6.07, 6.45) is 1.43. The molecule has 1 N–H and O–H groups in total. The van der Waals surface area contributed by atoms with Gasteiger partial charge in [-0.15, -0.1) is 0 Å². The van der Waals surface area contributed by atoms with Crippen LogP contribution in [0.2, 0.25) is 0 Å². The maximum atomic E-state index is 13.1. The summed E-state index contributed by atoms with van der Waals surface area (Å²) in [6, 6.07) is 8.49. The number of nitrogens with one attached hydrogen (secondary N) is 1. The standard InChI is InChI=1S/C20H26N2O5S2/c1-14-7-8-19(27-4)18(11-14)21-29(25,26)20-15(2)12-17(13-16(20)3)22-9-5-6-10-28(22,23)24/h7-8,11-13,21H,5-6,9-10H2,1-4H3. The number of hydrogen-bond donors (Lipinski definition) is 1. The van der Waals surface area contributed by atoms with Crippen LogP contribution >= 0.6 is 0 Å². The summed E-state index contributed by atoms with van der Waals surface area (Å²) in [5.41, 5.74) is 2.73. The fourth-order valence-electron chi connectivity index (χ4n) is 3.67. The van der Waals surface area contributed by atoms with Crippen molar-refractivity contribution in [1.29, 1.82) is 0 Å². The summed E-state index contributed by atoms with van der Waals surface area (Å²) in [5.74, 6) is 0.533. The molecule has 0 radical (unpaired) electrons. The highest BCUT2D eigenvalue weighted by atomic mass is 32.2. The van der Waals surface area contributed by atoms with Crippen molar-refractivity contribution in [2.45, 2.75) is 38.5 Å². The van der Waals surface area contributed by atoms with Crippen LogP contribution in [0.25, 0.3) is 0 Å². The first-order valence-electron chi connectivity index (χ1n) is 9.34. The Morgan fingerprint density at radius 3 is 2.28 bits per heavy atom. The molecule has 2 aromatic rings. The third-order valence-electron chi connectivity index (χ3n) is 4.95. The van der Waals surface area contributed by atoms with E-state index in [4.69, 9.17) is 4.74 Å². The number of methoxy groups -OCH3 is 1. The van der Waals surface area contributed by atoms with Gasteiger partial charge in [0.25, 0.3) is 10.0 Å². The average Bonchev–Trinajstić information content (AvgIpc) is 2.60. The van der Waals surface area contributed by atoms with Gasteiger partial charge in [-0.05, 0) is 74.6 Å². The van der Waals surface area contributed by atoms with Gasteiger partial charge in [-0.3, -0.25) is 9.03 Å². The number of benzene rings is 2. The van der Waals surface area contributed by atoms with Crippen molar-refractivity contribution in [2.75, 3.05) is 28.4 Å². The van der Waals surface area contributed by atoms with E-state index in [2.05, 4.69) is 4.72 Å². The lowest BCUT2D eigenvalue weighted by Gasteiger charge is -2.29.